The number of nitrogens with zero attached hydrogens (tertiary/aromatic N) is 3. The number of aryl methyl sites for hydroxylation is 1. The van der Waals surface area contributed by atoms with E-state index in [0.717, 1.165) is 18.8 Å². The van der Waals surface area contributed by atoms with Crippen molar-refractivity contribution in [2.24, 2.45) is 0 Å². The van der Waals surface area contributed by atoms with Crippen LogP contribution in [0.2, 0.25) is 0 Å². The molecule has 1 amide bonds. The van der Waals surface area contributed by atoms with Crippen LogP contribution >= 0.6 is 0 Å². The van der Waals surface area contributed by atoms with Gasteiger partial charge in [0.1, 0.15) is 0 Å². The Labute approximate surface area is 125 Å². The SMILES string of the molecule is CCNCc1ccc(-n2ccc(C(=O)N(C)C)n2)cc1C. The molecule has 0 atom stereocenters. The number of carbonyl (C=O) groups is 1. The Hall–Kier alpha value is -2.14. The van der Waals surface area contributed by atoms with Crippen LogP contribution in [0.5, 0.6) is 0 Å². The van der Waals surface area contributed by atoms with Crippen molar-refractivity contribution >= 4 is 5.91 Å². The Balaban J connectivity index is 2.23. The zero-order valence-corrected chi connectivity index (χ0v) is 13.1. The van der Waals surface area contributed by atoms with E-state index >= 15 is 0 Å². The van der Waals surface area contributed by atoms with Crippen molar-refractivity contribution in [1.82, 2.24) is 20.0 Å². The van der Waals surface area contributed by atoms with Crippen LogP contribution < -0.4 is 5.32 Å². The molecule has 0 saturated carbocycles. The van der Waals surface area contributed by atoms with Gasteiger partial charge in [-0.3, -0.25) is 4.79 Å². The van der Waals surface area contributed by atoms with Gasteiger partial charge >= 0.3 is 0 Å². The molecule has 0 saturated heterocycles. The monoisotopic (exact) mass is 286 g/mol. The summed E-state index contributed by atoms with van der Waals surface area (Å²) in [5.74, 6) is -0.0887. The van der Waals surface area contributed by atoms with E-state index in [4.69, 9.17) is 0 Å². The first kappa shape index (κ1) is 15.3. The highest BCUT2D eigenvalue weighted by Crippen LogP contribution is 2.15. The number of hydrogen-bond donors (Lipinski definition) is 1. The van der Waals surface area contributed by atoms with Crippen molar-refractivity contribution in [3.8, 4) is 5.69 Å². The maximum atomic E-state index is 11.9. The van der Waals surface area contributed by atoms with Crippen molar-refractivity contribution in [3.63, 3.8) is 0 Å². The number of benzene rings is 1. The molecule has 0 spiro atoms. The summed E-state index contributed by atoms with van der Waals surface area (Å²) in [5, 5.41) is 7.67. The maximum absolute atomic E-state index is 11.9. The molecular weight excluding hydrogens is 264 g/mol. The highest BCUT2D eigenvalue weighted by Gasteiger charge is 2.12. The van der Waals surface area contributed by atoms with E-state index in [-0.39, 0.29) is 5.91 Å². The molecule has 0 bridgehead atoms. The topological polar surface area (TPSA) is 50.2 Å². The number of hydrogen-bond acceptors (Lipinski definition) is 3. The van der Waals surface area contributed by atoms with Crippen molar-refractivity contribution in [2.75, 3.05) is 20.6 Å². The van der Waals surface area contributed by atoms with Crippen LogP contribution in [-0.4, -0.2) is 41.2 Å². The smallest absolute Gasteiger partial charge is 0.273 e. The van der Waals surface area contributed by atoms with Crippen LogP contribution in [0.3, 0.4) is 0 Å². The van der Waals surface area contributed by atoms with E-state index in [2.05, 4.69) is 36.4 Å². The molecule has 1 N–H and O–H groups in total. The quantitative estimate of drug-likeness (QED) is 0.914. The standard InChI is InChI=1S/C16H22N4O/c1-5-17-11-13-6-7-14(10-12(13)2)20-9-8-15(18-20)16(21)19(3)4/h6-10,17H,5,11H2,1-4H3. The lowest BCUT2D eigenvalue weighted by Gasteiger charge is -2.09. The van der Waals surface area contributed by atoms with Crippen LogP contribution in [0.4, 0.5) is 0 Å². The van der Waals surface area contributed by atoms with Crippen LogP contribution in [-0.2, 0) is 6.54 Å². The highest BCUT2D eigenvalue weighted by molar-refractivity contribution is 5.91. The van der Waals surface area contributed by atoms with Crippen LogP contribution in [0.1, 0.15) is 28.5 Å². The van der Waals surface area contributed by atoms with Crippen LogP contribution in [0, 0.1) is 6.92 Å². The van der Waals surface area contributed by atoms with Gasteiger partial charge in [-0.25, -0.2) is 4.68 Å². The predicted molar refractivity (Wildman–Crippen MR) is 83.7 cm³/mol. The van der Waals surface area contributed by atoms with Gasteiger partial charge in [0.2, 0.25) is 0 Å². The van der Waals surface area contributed by atoms with E-state index in [1.165, 1.54) is 16.0 Å². The van der Waals surface area contributed by atoms with Gasteiger partial charge in [-0.05, 0) is 42.8 Å². The Morgan fingerprint density at radius 1 is 1.33 bits per heavy atom. The molecule has 5 heteroatoms. The second-order valence-electron chi connectivity index (χ2n) is 5.24. The van der Waals surface area contributed by atoms with E-state index in [1.54, 1.807) is 24.8 Å². The zero-order chi connectivity index (χ0) is 15.4. The van der Waals surface area contributed by atoms with E-state index < -0.39 is 0 Å². The van der Waals surface area contributed by atoms with E-state index in [0.29, 0.717) is 5.69 Å². The fourth-order valence-corrected chi connectivity index (χ4v) is 2.09. The molecule has 0 aliphatic rings. The fraction of sp³-hybridized carbons (Fsp3) is 0.375. The molecule has 1 aromatic heterocycles. The predicted octanol–water partition coefficient (Wildman–Crippen LogP) is 1.99. The van der Waals surface area contributed by atoms with Crippen molar-refractivity contribution < 1.29 is 4.79 Å². The molecule has 2 rings (SSSR count). The number of aromatic nitrogens is 2. The molecule has 0 fully saturated rings. The summed E-state index contributed by atoms with van der Waals surface area (Å²) < 4.78 is 1.74. The molecule has 5 nitrogen and oxygen atoms in total. The minimum atomic E-state index is -0.0887. The normalized spacial score (nSPS) is 10.7. The fourth-order valence-electron chi connectivity index (χ4n) is 2.09. The van der Waals surface area contributed by atoms with Crippen LogP contribution in [0.15, 0.2) is 30.5 Å². The summed E-state index contributed by atoms with van der Waals surface area (Å²) in [7, 11) is 3.45. The van der Waals surface area contributed by atoms with Gasteiger partial charge in [0.15, 0.2) is 5.69 Å². The minimum Gasteiger partial charge on any atom is -0.343 e. The van der Waals surface area contributed by atoms with E-state index in [1.807, 2.05) is 12.3 Å². The summed E-state index contributed by atoms with van der Waals surface area (Å²) in [6.07, 6.45) is 1.81. The van der Waals surface area contributed by atoms with Gasteiger partial charge in [-0.2, -0.15) is 5.10 Å². The summed E-state index contributed by atoms with van der Waals surface area (Å²) in [4.78, 5) is 13.4. The molecule has 0 radical (unpaired) electrons. The molecule has 0 unspecified atom stereocenters. The lowest BCUT2D eigenvalue weighted by Crippen LogP contribution is -2.22. The average molecular weight is 286 g/mol. The molecule has 1 heterocycles. The Morgan fingerprint density at radius 3 is 2.71 bits per heavy atom. The van der Waals surface area contributed by atoms with Gasteiger partial charge in [0, 0.05) is 26.8 Å². The van der Waals surface area contributed by atoms with Gasteiger partial charge < -0.3 is 10.2 Å². The largest absolute Gasteiger partial charge is 0.343 e. The summed E-state index contributed by atoms with van der Waals surface area (Å²) in [6, 6.07) is 7.95. The maximum Gasteiger partial charge on any atom is 0.273 e. The van der Waals surface area contributed by atoms with E-state index in [9.17, 15) is 4.79 Å². The Kier molecular flexibility index (Phi) is 4.75. The zero-order valence-electron chi connectivity index (χ0n) is 13.1. The summed E-state index contributed by atoms with van der Waals surface area (Å²) in [5.41, 5.74) is 3.90. The third kappa shape index (κ3) is 3.49. The van der Waals surface area contributed by atoms with Gasteiger partial charge in [0.05, 0.1) is 5.69 Å². The van der Waals surface area contributed by atoms with Gasteiger partial charge in [0.25, 0.3) is 5.91 Å². The lowest BCUT2D eigenvalue weighted by atomic mass is 10.1. The summed E-state index contributed by atoms with van der Waals surface area (Å²) >= 11 is 0. The third-order valence-corrected chi connectivity index (χ3v) is 3.37. The first-order valence-electron chi connectivity index (χ1n) is 7.11. The molecule has 2 aromatic rings. The minimum absolute atomic E-state index is 0.0887. The Morgan fingerprint density at radius 2 is 2.10 bits per heavy atom. The van der Waals surface area contributed by atoms with Crippen molar-refractivity contribution in [2.45, 2.75) is 20.4 Å². The lowest BCUT2D eigenvalue weighted by molar-refractivity contribution is 0.0821. The van der Waals surface area contributed by atoms with Gasteiger partial charge in [-0.1, -0.05) is 13.0 Å². The van der Waals surface area contributed by atoms with Crippen molar-refractivity contribution in [3.05, 3.63) is 47.3 Å². The first-order valence-corrected chi connectivity index (χ1v) is 7.11. The van der Waals surface area contributed by atoms with Gasteiger partial charge in [-0.15, -0.1) is 0 Å². The molecule has 0 aliphatic carbocycles. The average Bonchev–Trinajstić information content (AvgIpc) is 2.94. The number of nitrogens with one attached hydrogen (secondary N) is 1. The third-order valence-electron chi connectivity index (χ3n) is 3.37. The molecule has 112 valence electrons. The number of rotatable bonds is 5. The number of amides is 1. The Bertz CT molecular complexity index is 631. The van der Waals surface area contributed by atoms with Crippen molar-refractivity contribution in [1.29, 1.82) is 0 Å². The molecule has 1 aromatic carbocycles. The highest BCUT2D eigenvalue weighted by atomic mass is 16.2. The van der Waals surface area contributed by atoms with Crippen LogP contribution in [0.25, 0.3) is 5.69 Å². The first-order chi connectivity index (χ1) is 10.0. The molecule has 21 heavy (non-hydrogen) atoms. The summed E-state index contributed by atoms with van der Waals surface area (Å²) in [6.45, 7) is 6.00. The molecular formula is C16H22N4O. The second kappa shape index (κ2) is 6.54. The number of carbonyl (C=O) groups excluding carboxylic acids is 1. The second-order valence-corrected chi connectivity index (χ2v) is 5.24. The molecule has 0 aliphatic heterocycles.